The van der Waals surface area contributed by atoms with Crippen LogP contribution in [0.15, 0.2) is 27.6 Å². The number of aliphatic hydroxyl groups excluding tert-OH is 1. The van der Waals surface area contributed by atoms with Crippen molar-refractivity contribution in [3.63, 3.8) is 0 Å². The molecule has 158 valence electrons. The molecule has 1 heterocycles. The van der Waals surface area contributed by atoms with Gasteiger partial charge in [0.1, 0.15) is 5.78 Å². The Kier molecular flexibility index (Phi) is 4.22. The van der Waals surface area contributed by atoms with Gasteiger partial charge in [-0.3, -0.25) is 4.79 Å². The molecule has 8 atom stereocenters. The third kappa shape index (κ3) is 2.53. The fourth-order valence-electron chi connectivity index (χ4n) is 8.22. The maximum atomic E-state index is 12.2. The minimum atomic E-state index is -0.840. The highest BCUT2D eigenvalue weighted by Gasteiger charge is 2.69. The molecule has 4 aliphatic carbocycles. The summed E-state index contributed by atoms with van der Waals surface area (Å²) in [5, 5.41) is 23.6. The highest BCUT2D eigenvalue weighted by atomic mass is 16.4. The first-order valence-corrected chi connectivity index (χ1v) is 11.2. The molecule has 5 rings (SSSR count). The molecule has 0 saturated heterocycles. The second-order valence-corrected chi connectivity index (χ2v) is 10.7. The number of fused-ring (bicyclic) bond motifs is 5. The summed E-state index contributed by atoms with van der Waals surface area (Å²) in [6.07, 6.45) is 7.03. The molecule has 1 aromatic heterocycles. The van der Waals surface area contributed by atoms with Crippen molar-refractivity contribution < 1.29 is 19.4 Å². The first kappa shape index (κ1) is 19.5. The van der Waals surface area contributed by atoms with Crippen LogP contribution in [0, 0.1) is 28.6 Å². The van der Waals surface area contributed by atoms with Gasteiger partial charge in [0.15, 0.2) is 0 Å². The topological polar surface area (TPSA) is 87.7 Å². The Bertz CT molecular complexity index is 871. The van der Waals surface area contributed by atoms with E-state index in [4.69, 9.17) is 4.42 Å². The van der Waals surface area contributed by atoms with Crippen LogP contribution in [0.25, 0.3) is 0 Å². The minimum absolute atomic E-state index is 0.0416. The SMILES string of the molecule is C[C@]12CCC(=O)C[C@H]1CC[C@@H]1C2[C@H](O)C[C@]2(C)[C@@H](c3ccc(=O)oc3)CC[C@@]12O. The molecule has 29 heavy (non-hydrogen) atoms. The smallest absolute Gasteiger partial charge is 0.335 e. The van der Waals surface area contributed by atoms with Gasteiger partial charge in [-0.15, -0.1) is 0 Å². The number of aliphatic hydroxyl groups is 2. The normalized spacial score (nSPS) is 49.2. The van der Waals surface area contributed by atoms with Crippen LogP contribution in [-0.2, 0) is 4.79 Å². The first-order chi connectivity index (χ1) is 13.7. The molecule has 0 aliphatic heterocycles. The van der Waals surface area contributed by atoms with Crippen LogP contribution in [0.4, 0.5) is 0 Å². The standard InChI is InChI=1S/C24H32O5/c1-22-9-7-16(25)11-15(22)4-5-18-21(22)19(26)12-23(2)17(8-10-24(18,23)28)14-3-6-20(27)29-13-14/h3,6,13,15,17-19,21,26,28H,4-5,7-12H2,1-2H3/t15-,17-,18-,19-,21?,22+,23-,24-/m1/s1. The summed E-state index contributed by atoms with van der Waals surface area (Å²) < 4.78 is 5.13. The summed E-state index contributed by atoms with van der Waals surface area (Å²) in [6.45, 7) is 4.38. The van der Waals surface area contributed by atoms with E-state index in [0.717, 1.165) is 31.2 Å². The molecule has 5 heteroatoms. The van der Waals surface area contributed by atoms with E-state index in [0.29, 0.717) is 37.4 Å². The molecular formula is C24H32O5. The van der Waals surface area contributed by atoms with Crippen LogP contribution >= 0.6 is 0 Å². The monoisotopic (exact) mass is 400 g/mol. The van der Waals surface area contributed by atoms with Crippen LogP contribution in [0.2, 0.25) is 0 Å². The quantitative estimate of drug-likeness (QED) is 0.754. The molecule has 5 nitrogen and oxygen atoms in total. The van der Waals surface area contributed by atoms with Crippen molar-refractivity contribution in [1.29, 1.82) is 0 Å². The lowest BCUT2D eigenvalue weighted by Crippen LogP contribution is -2.66. The molecule has 4 fully saturated rings. The van der Waals surface area contributed by atoms with E-state index < -0.39 is 17.1 Å². The lowest BCUT2D eigenvalue weighted by Gasteiger charge is -2.64. The van der Waals surface area contributed by atoms with Crippen molar-refractivity contribution in [2.75, 3.05) is 0 Å². The second kappa shape index (κ2) is 6.27. The molecule has 4 saturated carbocycles. The molecule has 0 aromatic carbocycles. The molecule has 1 aromatic rings. The highest BCUT2D eigenvalue weighted by Crippen LogP contribution is 2.70. The van der Waals surface area contributed by atoms with Gasteiger partial charge in [-0.1, -0.05) is 13.8 Å². The average Bonchev–Trinajstić information content (AvgIpc) is 2.94. The Labute approximate surface area is 171 Å². The molecule has 0 radical (unpaired) electrons. The van der Waals surface area contributed by atoms with Gasteiger partial charge in [0.05, 0.1) is 18.0 Å². The molecule has 2 N–H and O–H groups in total. The zero-order valence-corrected chi connectivity index (χ0v) is 17.4. The largest absolute Gasteiger partial charge is 0.431 e. The second-order valence-electron chi connectivity index (χ2n) is 10.7. The number of hydrogen-bond donors (Lipinski definition) is 2. The van der Waals surface area contributed by atoms with E-state index in [1.807, 2.05) is 6.07 Å². The lowest BCUT2D eigenvalue weighted by molar-refractivity contribution is -0.235. The van der Waals surface area contributed by atoms with Gasteiger partial charge in [-0.25, -0.2) is 4.79 Å². The molecule has 1 unspecified atom stereocenters. The maximum Gasteiger partial charge on any atom is 0.335 e. The van der Waals surface area contributed by atoms with E-state index in [1.54, 1.807) is 0 Å². The van der Waals surface area contributed by atoms with E-state index in [9.17, 15) is 19.8 Å². The van der Waals surface area contributed by atoms with Crippen LogP contribution in [0.1, 0.15) is 76.7 Å². The van der Waals surface area contributed by atoms with E-state index in [1.165, 1.54) is 12.3 Å². The van der Waals surface area contributed by atoms with Gasteiger partial charge >= 0.3 is 5.63 Å². The van der Waals surface area contributed by atoms with E-state index >= 15 is 0 Å². The van der Waals surface area contributed by atoms with Crippen molar-refractivity contribution in [2.45, 2.75) is 82.8 Å². The number of carbonyl (C=O) groups excluding carboxylic acids is 1. The zero-order valence-electron chi connectivity index (χ0n) is 17.4. The molecule has 4 aliphatic rings. The lowest BCUT2D eigenvalue weighted by atomic mass is 9.42. The van der Waals surface area contributed by atoms with Crippen LogP contribution in [0.3, 0.4) is 0 Å². The van der Waals surface area contributed by atoms with Gasteiger partial charge in [0.25, 0.3) is 0 Å². The number of Topliss-reactive ketones (excluding diaryl/α,β-unsaturated/α-hetero) is 1. The van der Waals surface area contributed by atoms with Gasteiger partial charge < -0.3 is 14.6 Å². The third-order valence-corrected chi connectivity index (χ3v) is 9.73. The Hall–Kier alpha value is -1.46. The van der Waals surface area contributed by atoms with Gasteiger partial charge in [0, 0.05) is 24.3 Å². The fourth-order valence-corrected chi connectivity index (χ4v) is 8.22. The summed E-state index contributed by atoms with van der Waals surface area (Å²) in [5.74, 6) is 0.830. The van der Waals surface area contributed by atoms with E-state index in [2.05, 4.69) is 13.8 Å². The molecule has 0 amide bonds. The number of ketones is 1. The average molecular weight is 401 g/mol. The number of carbonyl (C=O) groups is 1. The Balaban J connectivity index is 1.53. The van der Waals surface area contributed by atoms with E-state index in [-0.39, 0.29) is 28.8 Å². The van der Waals surface area contributed by atoms with Crippen molar-refractivity contribution in [1.82, 2.24) is 0 Å². The first-order valence-electron chi connectivity index (χ1n) is 11.2. The Morgan fingerprint density at radius 3 is 2.62 bits per heavy atom. The molecular weight excluding hydrogens is 368 g/mol. The maximum absolute atomic E-state index is 12.2. The zero-order chi connectivity index (χ0) is 20.6. The van der Waals surface area contributed by atoms with Gasteiger partial charge in [-0.05, 0) is 79.2 Å². The highest BCUT2D eigenvalue weighted by molar-refractivity contribution is 5.79. The summed E-state index contributed by atoms with van der Waals surface area (Å²) in [4.78, 5) is 23.5. The van der Waals surface area contributed by atoms with Crippen molar-refractivity contribution in [2.24, 2.45) is 28.6 Å². The molecule has 0 bridgehead atoms. The van der Waals surface area contributed by atoms with Crippen molar-refractivity contribution >= 4 is 5.78 Å². The summed E-state index contributed by atoms with van der Waals surface area (Å²) >= 11 is 0. The van der Waals surface area contributed by atoms with Gasteiger partial charge in [0.2, 0.25) is 0 Å². The minimum Gasteiger partial charge on any atom is -0.431 e. The summed E-state index contributed by atoms with van der Waals surface area (Å²) in [6, 6.07) is 3.26. The number of rotatable bonds is 1. The molecule has 0 spiro atoms. The van der Waals surface area contributed by atoms with Crippen LogP contribution in [-0.4, -0.2) is 27.7 Å². The van der Waals surface area contributed by atoms with Crippen molar-refractivity contribution in [3.05, 3.63) is 34.4 Å². The Morgan fingerprint density at radius 1 is 1.10 bits per heavy atom. The van der Waals surface area contributed by atoms with Gasteiger partial charge in [-0.2, -0.15) is 0 Å². The van der Waals surface area contributed by atoms with Crippen LogP contribution < -0.4 is 5.63 Å². The third-order valence-electron chi connectivity index (χ3n) is 9.73. The Morgan fingerprint density at radius 2 is 1.90 bits per heavy atom. The fraction of sp³-hybridized carbons (Fsp3) is 0.750. The predicted molar refractivity (Wildman–Crippen MR) is 107 cm³/mol. The van der Waals surface area contributed by atoms with Crippen LogP contribution in [0.5, 0.6) is 0 Å². The summed E-state index contributed by atoms with van der Waals surface area (Å²) in [7, 11) is 0. The number of hydrogen-bond acceptors (Lipinski definition) is 5. The predicted octanol–water partition coefficient (Wildman–Crippen LogP) is 3.42. The summed E-state index contributed by atoms with van der Waals surface area (Å²) in [5.41, 5.74) is -0.801. The van der Waals surface area contributed by atoms with Crippen molar-refractivity contribution in [3.8, 4) is 0 Å².